The highest BCUT2D eigenvalue weighted by Gasteiger charge is 2.21. The first-order chi connectivity index (χ1) is 12.8. The lowest BCUT2D eigenvalue weighted by atomic mass is 9.97. The van der Waals surface area contributed by atoms with Gasteiger partial charge in [-0.15, -0.1) is 16.4 Å². The van der Waals surface area contributed by atoms with Gasteiger partial charge in [0.05, 0.1) is 19.6 Å². The second kappa shape index (κ2) is 5.95. The second-order valence-electron chi connectivity index (χ2n) is 6.41. The third-order valence-corrected chi connectivity index (χ3v) is 6.13. The second-order valence-corrected chi connectivity index (χ2v) is 7.49. The van der Waals surface area contributed by atoms with Crippen LogP contribution in [0.2, 0.25) is 0 Å². The van der Waals surface area contributed by atoms with Crippen molar-refractivity contribution in [2.45, 2.75) is 25.7 Å². The molecule has 5 rings (SSSR count). The Morgan fingerprint density at radius 1 is 1.08 bits per heavy atom. The van der Waals surface area contributed by atoms with Crippen LogP contribution >= 0.6 is 11.3 Å². The molecule has 132 valence electrons. The fraction of sp³-hybridized carbons (Fsp3) is 0.316. The van der Waals surface area contributed by atoms with E-state index in [0.29, 0.717) is 17.3 Å². The van der Waals surface area contributed by atoms with Crippen LogP contribution in [0, 0.1) is 0 Å². The molecule has 0 saturated carbocycles. The number of aryl methyl sites for hydroxylation is 2. The largest absolute Gasteiger partial charge is 0.493 e. The van der Waals surface area contributed by atoms with Crippen molar-refractivity contribution in [3.63, 3.8) is 0 Å². The van der Waals surface area contributed by atoms with E-state index in [4.69, 9.17) is 14.5 Å². The Balaban J connectivity index is 1.71. The van der Waals surface area contributed by atoms with Crippen molar-refractivity contribution in [1.82, 2.24) is 19.6 Å². The topological polar surface area (TPSA) is 61.5 Å². The minimum absolute atomic E-state index is 0.663. The minimum Gasteiger partial charge on any atom is -0.493 e. The Hall–Kier alpha value is -2.67. The molecule has 4 aromatic rings. The molecule has 26 heavy (non-hydrogen) atoms. The lowest BCUT2D eigenvalue weighted by Gasteiger charge is -2.09. The number of rotatable bonds is 3. The maximum atomic E-state index is 5.41. The molecule has 0 aliphatic heterocycles. The zero-order valence-corrected chi connectivity index (χ0v) is 15.5. The third kappa shape index (κ3) is 2.27. The molecular weight excluding hydrogens is 348 g/mol. The monoisotopic (exact) mass is 366 g/mol. The summed E-state index contributed by atoms with van der Waals surface area (Å²) in [5.74, 6) is 2.02. The molecule has 7 heteroatoms. The number of thiophene rings is 1. The highest BCUT2D eigenvalue weighted by atomic mass is 32.1. The predicted octanol–water partition coefficient (Wildman–Crippen LogP) is 3.90. The lowest BCUT2D eigenvalue weighted by molar-refractivity contribution is 0.355. The van der Waals surface area contributed by atoms with Crippen LogP contribution < -0.4 is 9.47 Å². The van der Waals surface area contributed by atoms with E-state index >= 15 is 0 Å². The summed E-state index contributed by atoms with van der Waals surface area (Å²) in [5, 5.41) is 5.82. The van der Waals surface area contributed by atoms with Gasteiger partial charge in [-0.25, -0.2) is 14.5 Å². The number of methoxy groups -OCH3 is 2. The van der Waals surface area contributed by atoms with Gasteiger partial charge in [0.1, 0.15) is 11.2 Å². The number of fused-ring (bicyclic) bond motifs is 5. The summed E-state index contributed by atoms with van der Waals surface area (Å²) in [5.41, 5.74) is 3.20. The number of hydrogen-bond acceptors (Lipinski definition) is 6. The number of nitrogens with zero attached hydrogens (tertiary/aromatic N) is 4. The first-order valence-electron chi connectivity index (χ1n) is 8.66. The minimum atomic E-state index is 0.663. The summed E-state index contributed by atoms with van der Waals surface area (Å²) in [7, 11) is 3.26. The van der Waals surface area contributed by atoms with E-state index in [1.54, 1.807) is 36.4 Å². The Morgan fingerprint density at radius 2 is 1.92 bits per heavy atom. The van der Waals surface area contributed by atoms with Crippen LogP contribution in [-0.4, -0.2) is 33.8 Å². The van der Waals surface area contributed by atoms with Crippen LogP contribution in [-0.2, 0) is 12.8 Å². The highest BCUT2D eigenvalue weighted by Crippen LogP contribution is 2.37. The average molecular weight is 366 g/mol. The average Bonchev–Trinajstić information content (AvgIpc) is 3.28. The molecule has 0 bridgehead atoms. The van der Waals surface area contributed by atoms with Crippen LogP contribution in [0.3, 0.4) is 0 Å². The molecule has 0 spiro atoms. The maximum Gasteiger partial charge on any atom is 0.182 e. The molecule has 0 N–H and O–H groups in total. The zero-order valence-electron chi connectivity index (χ0n) is 14.7. The van der Waals surface area contributed by atoms with E-state index in [2.05, 4.69) is 10.1 Å². The summed E-state index contributed by atoms with van der Waals surface area (Å²) in [4.78, 5) is 12.0. The van der Waals surface area contributed by atoms with Gasteiger partial charge in [0.25, 0.3) is 0 Å². The molecule has 0 atom stereocenters. The van der Waals surface area contributed by atoms with E-state index in [9.17, 15) is 0 Å². The van der Waals surface area contributed by atoms with Crippen LogP contribution in [0.25, 0.3) is 27.3 Å². The smallest absolute Gasteiger partial charge is 0.182 e. The van der Waals surface area contributed by atoms with Gasteiger partial charge in [-0.3, -0.25) is 0 Å². The van der Waals surface area contributed by atoms with Crippen molar-refractivity contribution in [2.24, 2.45) is 0 Å². The quantitative estimate of drug-likeness (QED) is 0.550. The summed E-state index contributed by atoms with van der Waals surface area (Å²) >= 11 is 1.80. The highest BCUT2D eigenvalue weighted by molar-refractivity contribution is 7.19. The van der Waals surface area contributed by atoms with Crippen molar-refractivity contribution < 1.29 is 9.47 Å². The van der Waals surface area contributed by atoms with Gasteiger partial charge >= 0.3 is 0 Å². The lowest BCUT2D eigenvalue weighted by Crippen LogP contribution is -1.99. The third-order valence-electron chi connectivity index (χ3n) is 4.93. The van der Waals surface area contributed by atoms with Crippen molar-refractivity contribution >= 4 is 27.2 Å². The van der Waals surface area contributed by atoms with Gasteiger partial charge in [0.2, 0.25) is 0 Å². The summed E-state index contributed by atoms with van der Waals surface area (Å²) in [6, 6.07) is 5.73. The number of aromatic nitrogens is 4. The molecule has 6 nitrogen and oxygen atoms in total. The molecule has 3 heterocycles. The summed E-state index contributed by atoms with van der Waals surface area (Å²) in [6.45, 7) is 0. The van der Waals surface area contributed by atoms with Crippen molar-refractivity contribution in [3.05, 3.63) is 35.0 Å². The van der Waals surface area contributed by atoms with E-state index in [1.165, 1.54) is 28.7 Å². The standard InChI is InChI=1S/C19H18N4O2S/c1-24-13-8-7-11(9-14(13)25-2)17-21-18-16-12-5-3-4-6-15(12)26-19(16)20-10-23(18)22-17/h7-10H,3-6H2,1-2H3. The molecular formula is C19H18N4O2S. The Kier molecular flexibility index (Phi) is 3.56. The van der Waals surface area contributed by atoms with Crippen LogP contribution in [0.4, 0.5) is 0 Å². The SMILES string of the molecule is COc1ccc(-c2nc3c4c5c(sc4ncn3n2)CCCC5)cc1OC. The van der Waals surface area contributed by atoms with Gasteiger partial charge in [0.15, 0.2) is 23.0 Å². The van der Waals surface area contributed by atoms with Crippen LogP contribution in [0.5, 0.6) is 11.5 Å². The Morgan fingerprint density at radius 3 is 2.77 bits per heavy atom. The van der Waals surface area contributed by atoms with Crippen molar-refractivity contribution in [2.75, 3.05) is 14.2 Å². The van der Waals surface area contributed by atoms with Gasteiger partial charge in [-0.2, -0.15) is 0 Å². The fourth-order valence-electron chi connectivity index (χ4n) is 3.65. The molecule has 0 amide bonds. The molecule has 0 unspecified atom stereocenters. The predicted molar refractivity (Wildman–Crippen MR) is 101 cm³/mol. The summed E-state index contributed by atoms with van der Waals surface area (Å²) < 4.78 is 12.5. The molecule has 1 aromatic carbocycles. The van der Waals surface area contributed by atoms with Gasteiger partial charge in [-0.1, -0.05) is 0 Å². The molecule has 1 aliphatic rings. The fourth-order valence-corrected chi connectivity index (χ4v) is 4.88. The number of hydrogen-bond donors (Lipinski definition) is 0. The number of ether oxygens (including phenoxy) is 2. The van der Waals surface area contributed by atoms with E-state index in [0.717, 1.165) is 28.9 Å². The first kappa shape index (κ1) is 15.6. The molecule has 1 aliphatic carbocycles. The maximum absolute atomic E-state index is 5.41. The Bertz CT molecular complexity index is 1130. The number of benzene rings is 1. The molecule has 0 fully saturated rings. The van der Waals surface area contributed by atoms with E-state index < -0.39 is 0 Å². The first-order valence-corrected chi connectivity index (χ1v) is 9.48. The van der Waals surface area contributed by atoms with Gasteiger partial charge in [0, 0.05) is 10.4 Å². The Labute approximate surface area is 154 Å². The summed E-state index contributed by atoms with van der Waals surface area (Å²) in [6.07, 6.45) is 6.52. The van der Waals surface area contributed by atoms with Crippen molar-refractivity contribution in [1.29, 1.82) is 0 Å². The van der Waals surface area contributed by atoms with Crippen molar-refractivity contribution in [3.8, 4) is 22.9 Å². The molecule has 0 saturated heterocycles. The van der Waals surface area contributed by atoms with Gasteiger partial charge < -0.3 is 9.47 Å². The normalized spacial score (nSPS) is 13.9. The zero-order chi connectivity index (χ0) is 17.7. The molecule has 0 radical (unpaired) electrons. The van der Waals surface area contributed by atoms with E-state index in [1.807, 2.05) is 18.2 Å². The van der Waals surface area contributed by atoms with E-state index in [-0.39, 0.29) is 0 Å². The van der Waals surface area contributed by atoms with Gasteiger partial charge in [-0.05, 0) is 49.4 Å². The molecule has 3 aromatic heterocycles. The van der Waals surface area contributed by atoms with Crippen LogP contribution in [0.15, 0.2) is 24.5 Å². The van der Waals surface area contributed by atoms with Crippen LogP contribution in [0.1, 0.15) is 23.3 Å².